The van der Waals surface area contributed by atoms with Crippen LogP contribution in [0.25, 0.3) is 16.5 Å². The van der Waals surface area contributed by atoms with E-state index in [1.54, 1.807) is 6.07 Å². The molecule has 4 rings (SSSR count). The van der Waals surface area contributed by atoms with Crippen molar-refractivity contribution in [3.8, 4) is 0 Å². The van der Waals surface area contributed by atoms with Gasteiger partial charge in [0, 0.05) is 22.6 Å². The Labute approximate surface area is 198 Å². The average Bonchev–Trinajstić information content (AvgIpc) is 3.19. The van der Waals surface area contributed by atoms with E-state index in [9.17, 15) is 9.59 Å². The monoisotopic (exact) mass is 462 g/mol. The number of Topliss-reactive ketones (excluding diaryl/α,β-unsaturated/α-hetero) is 1. The molecule has 0 saturated carbocycles. The van der Waals surface area contributed by atoms with Crippen LogP contribution in [0.4, 0.5) is 0 Å². The molecule has 33 heavy (non-hydrogen) atoms. The van der Waals surface area contributed by atoms with Gasteiger partial charge in [0.2, 0.25) is 0 Å². The minimum Gasteiger partial charge on any atom is -0.345 e. The summed E-state index contributed by atoms with van der Waals surface area (Å²) in [7, 11) is 0. The number of hydroxylamine groups is 1. The van der Waals surface area contributed by atoms with Crippen molar-refractivity contribution in [2.45, 2.75) is 39.2 Å². The van der Waals surface area contributed by atoms with Gasteiger partial charge in [-0.05, 0) is 66.4 Å². The first-order chi connectivity index (χ1) is 15.8. The molecule has 170 valence electrons. The van der Waals surface area contributed by atoms with E-state index in [1.165, 1.54) is 0 Å². The van der Waals surface area contributed by atoms with E-state index in [4.69, 9.17) is 16.4 Å². The Morgan fingerprint density at radius 3 is 2.58 bits per heavy atom. The van der Waals surface area contributed by atoms with Crippen LogP contribution in [0.1, 0.15) is 53.7 Å². The van der Waals surface area contributed by atoms with Crippen LogP contribution in [0.15, 0.2) is 60.7 Å². The van der Waals surface area contributed by atoms with E-state index >= 15 is 0 Å². The Morgan fingerprint density at radius 2 is 1.85 bits per heavy atom. The van der Waals surface area contributed by atoms with Crippen molar-refractivity contribution in [3.63, 3.8) is 0 Å². The molecule has 2 N–H and O–H groups in total. The van der Waals surface area contributed by atoms with Crippen LogP contribution >= 0.6 is 11.6 Å². The molecule has 1 aliphatic heterocycles. The lowest BCUT2D eigenvalue weighted by atomic mass is 9.91. The van der Waals surface area contributed by atoms with Crippen LogP contribution in [0.2, 0.25) is 5.02 Å². The van der Waals surface area contributed by atoms with Gasteiger partial charge in [0.25, 0.3) is 5.91 Å². The van der Waals surface area contributed by atoms with Crippen LogP contribution < -0.4 is 10.8 Å². The Bertz CT molecular complexity index is 1250. The number of rotatable bonds is 7. The molecule has 1 amide bonds. The Morgan fingerprint density at radius 1 is 1.09 bits per heavy atom. The number of ketones is 1. The first-order valence-electron chi connectivity index (χ1n) is 11.1. The molecule has 1 unspecified atom stereocenters. The van der Waals surface area contributed by atoms with Crippen molar-refractivity contribution in [1.82, 2.24) is 10.8 Å². The predicted molar refractivity (Wildman–Crippen MR) is 132 cm³/mol. The first kappa shape index (κ1) is 23.0. The summed E-state index contributed by atoms with van der Waals surface area (Å²) < 4.78 is 0. The molecule has 6 heteroatoms. The summed E-state index contributed by atoms with van der Waals surface area (Å²) in [5, 5.41) is 5.14. The summed E-state index contributed by atoms with van der Waals surface area (Å²) in [5.74, 6) is -0.231. The van der Waals surface area contributed by atoms with E-state index in [0.29, 0.717) is 17.0 Å². The highest BCUT2D eigenvalue weighted by molar-refractivity contribution is 6.30. The van der Waals surface area contributed by atoms with Gasteiger partial charge in [0.1, 0.15) is 5.60 Å². The maximum Gasteiger partial charge on any atom is 0.252 e. The molecular weight excluding hydrogens is 436 g/mol. The topological polar surface area (TPSA) is 67.4 Å². The number of carbonyl (C=O) groups excluding carboxylic acids is 2. The molecule has 3 aromatic rings. The van der Waals surface area contributed by atoms with Crippen LogP contribution in [0.3, 0.4) is 0 Å². The molecule has 0 radical (unpaired) electrons. The van der Waals surface area contributed by atoms with E-state index < -0.39 is 5.60 Å². The Hall–Kier alpha value is -3.15. The minimum atomic E-state index is -0.693. The zero-order chi connectivity index (χ0) is 23.6. The van der Waals surface area contributed by atoms with Gasteiger partial charge >= 0.3 is 0 Å². The predicted octanol–water partition coefficient (Wildman–Crippen LogP) is 5.69. The largest absolute Gasteiger partial charge is 0.345 e. The van der Waals surface area contributed by atoms with Gasteiger partial charge in [0.05, 0.1) is 12.2 Å². The third kappa shape index (κ3) is 4.80. The molecule has 1 aliphatic rings. The standard InChI is InChI=1S/C27H27ClN2O3/c1-4-7-20(31)16-29-26(32)24-11-10-23(21-8-5-6-9-22(21)24)25-15-27(3,33-30-25)18-12-17(2)13-19(28)14-18/h5-6,8-15,30H,4,7,16H2,1-3H3,(H,29,32). The number of amides is 1. The van der Waals surface area contributed by atoms with E-state index in [-0.39, 0.29) is 18.2 Å². The Kier molecular flexibility index (Phi) is 6.54. The molecule has 1 heterocycles. The number of halogens is 1. The number of hydrogen-bond acceptors (Lipinski definition) is 4. The van der Waals surface area contributed by atoms with E-state index in [2.05, 4.69) is 16.9 Å². The lowest BCUT2D eigenvalue weighted by Crippen LogP contribution is -2.29. The van der Waals surface area contributed by atoms with Crippen LogP contribution in [-0.4, -0.2) is 18.2 Å². The quantitative estimate of drug-likeness (QED) is 0.473. The van der Waals surface area contributed by atoms with Crippen molar-refractivity contribution >= 4 is 39.8 Å². The first-order valence-corrected chi connectivity index (χ1v) is 11.4. The fraction of sp³-hybridized carbons (Fsp3) is 0.259. The highest BCUT2D eigenvalue weighted by atomic mass is 35.5. The summed E-state index contributed by atoms with van der Waals surface area (Å²) in [5.41, 5.74) is 6.66. The second kappa shape index (κ2) is 9.38. The van der Waals surface area contributed by atoms with E-state index in [1.807, 2.05) is 69.3 Å². The maximum absolute atomic E-state index is 12.8. The zero-order valence-electron chi connectivity index (χ0n) is 19.0. The summed E-state index contributed by atoms with van der Waals surface area (Å²) in [6.45, 7) is 5.97. The smallest absolute Gasteiger partial charge is 0.252 e. The normalized spacial score (nSPS) is 17.5. The number of fused-ring (bicyclic) bond motifs is 1. The highest BCUT2D eigenvalue weighted by Crippen LogP contribution is 2.38. The lowest BCUT2D eigenvalue weighted by molar-refractivity contribution is -0.118. The SMILES string of the molecule is CCCC(=O)CNC(=O)c1ccc(C2=CC(C)(c3cc(C)cc(Cl)c3)ON2)c2ccccc12. The highest BCUT2D eigenvalue weighted by Gasteiger charge is 2.33. The number of carbonyl (C=O) groups is 2. The van der Waals surface area contributed by atoms with Crippen LogP contribution in [-0.2, 0) is 15.2 Å². The molecule has 0 aliphatic carbocycles. The van der Waals surface area contributed by atoms with Crippen molar-refractivity contribution in [3.05, 3.63) is 87.9 Å². The molecule has 0 spiro atoms. The van der Waals surface area contributed by atoms with Gasteiger partial charge in [-0.3, -0.25) is 19.9 Å². The summed E-state index contributed by atoms with van der Waals surface area (Å²) >= 11 is 6.28. The second-order valence-corrected chi connectivity index (χ2v) is 9.00. The average molecular weight is 463 g/mol. The van der Waals surface area contributed by atoms with Gasteiger partial charge in [-0.15, -0.1) is 0 Å². The van der Waals surface area contributed by atoms with Gasteiger partial charge in [-0.25, -0.2) is 0 Å². The van der Waals surface area contributed by atoms with Crippen molar-refractivity contribution in [2.75, 3.05) is 6.54 Å². The zero-order valence-corrected chi connectivity index (χ0v) is 19.8. The number of nitrogens with one attached hydrogen (secondary N) is 2. The fourth-order valence-electron chi connectivity index (χ4n) is 4.17. The molecule has 0 fully saturated rings. The minimum absolute atomic E-state index is 0.0276. The fourth-order valence-corrected chi connectivity index (χ4v) is 4.46. The molecule has 0 bridgehead atoms. The summed E-state index contributed by atoms with van der Waals surface area (Å²) in [6.07, 6.45) is 3.26. The van der Waals surface area contributed by atoms with Gasteiger partial charge < -0.3 is 5.32 Å². The third-order valence-electron chi connectivity index (χ3n) is 5.84. The molecule has 1 atom stereocenters. The summed E-state index contributed by atoms with van der Waals surface area (Å²) in [4.78, 5) is 30.7. The molecule has 0 aromatic heterocycles. The summed E-state index contributed by atoms with van der Waals surface area (Å²) in [6, 6.07) is 17.3. The van der Waals surface area contributed by atoms with Gasteiger partial charge in [0.15, 0.2) is 5.78 Å². The molecular formula is C27H27ClN2O3. The maximum atomic E-state index is 12.8. The van der Waals surface area contributed by atoms with Crippen molar-refractivity contribution in [2.24, 2.45) is 0 Å². The molecule has 5 nitrogen and oxygen atoms in total. The van der Waals surface area contributed by atoms with Gasteiger partial charge in [-0.1, -0.05) is 54.9 Å². The van der Waals surface area contributed by atoms with Crippen molar-refractivity contribution in [1.29, 1.82) is 0 Å². The number of benzene rings is 3. The van der Waals surface area contributed by atoms with Crippen molar-refractivity contribution < 1.29 is 14.4 Å². The van der Waals surface area contributed by atoms with Gasteiger partial charge in [-0.2, -0.15) is 0 Å². The third-order valence-corrected chi connectivity index (χ3v) is 6.06. The molecule has 0 saturated heterocycles. The Balaban J connectivity index is 1.68. The second-order valence-electron chi connectivity index (χ2n) is 8.56. The number of hydrogen-bond donors (Lipinski definition) is 2. The molecule has 3 aromatic carbocycles. The lowest BCUT2D eigenvalue weighted by Gasteiger charge is -2.21. The van der Waals surface area contributed by atoms with E-state index in [0.717, 1.165) is 39.6 Å². The van der Waals surface area contributed by atoms with Crippen LogP contribution in [0, 0.1) is 6.92 Å². The van der Waals surface area contributed by atoms with Crippen LogP contribution in [0.5, 0.6) is 0 Å². The number of aryl methyl sites for hydroxylation is 1.